The number of aromatic amines is 3. The lowest BCUT2D eigenvalue weighted by Gasteiger charge is -2.17. The van der Waals surface area contributed by atoms with Crippen molar-refractivity contribution in [2.75, 3.05) is 56.3 Å². The highest BCUT2D eigenvalue weighted by atomic mass is 19.1. The third-order valence-electron chi connectivity index (χ3n) is 18.5. The number of rotatable bonds is 26. The van der Waals surface area contributed by atoms with E-state index in [2.05, 4.69) is 72.3 Å². The first-order valence-electron chi connectivity index (χ1n) is 34.9. The van der Waals surface area contributed by atoms with Gasteiger partial charge in [0.2, 0.25) is 0 Å². The molecule has 1 aliphatic rings. The molecule has 26 nitrogen and oxygen atoms in total. The summed E-state index contributed by atoms with van der Waals surface area (Å²) < 4.78 is 44.0. The Morgan fingerprint density at radius 3 is 1.65 bits per heavy atom. The summed E-state index contributed by atoms with van der Waals surface area (Å²) in [6, 6.07) is 47.9. The van der Waals surface area contributed by atoms with Crippen LogP contribution in [0.15, 0.2) is 171 Å². The summed E-state index contributed by atoms with van der Waals surface area (Å²) in [5.41, 5.74) is 17.6. The van der Waals surface area contributed by atoms with E-state index in [9.17, 15) is 5.26 Å². The van der Waals surface area contributed by atoms with Gasteiger partial charge in [0.1, 0.15) is 30.4 Å². The number of pyridine rings is 6. The van der Waals surface area contributed by atoms with Gasteiger partial charge in [-0.3, -0.25) is 19.9 Å². The topological polar surface area (TPSA) is 303 Å². The predicted octanol–water partition coefficient (Wildman–Crippen LogP) is 12.3. The first kappa shape index (κ1) is 67.5. The third kappa shape index (κ3) is 14.6. The molecule has 7 N–H and O–H groups in total. The second kappa shape index (κ2) is 29.4. The highest BCUT2D eigenvalue weighted by molar-refractivity contribution is 5.80. The number of hydrogen-bond acceptors (Lipinski definition) is 20. The fraction of sp³-hybridized carbons (Fsp3) is 0.218. The Balaban J connectivity index is 0.542. The van der Waals surface area contributed by atoms with Crippen LogP contribution in [0.1, 0.15) is 75.0 Å². The van der Waals surface area contributed by atoms with Crippen molar-refractivity contribution in [3.8, 4) is 80.0 Å². The first-order valence-corrected chi connectivity index (χ1v) is 34.9. The number of imidazole rings is 3. The van der Waals surface area contributed by atoms with Gasteiger partial charge in [-0.1, -0.05) is 48.5 Å². The van der Waals surface area contributed by atoms with Crippen molar-refractivity contribution < 1.29 is 13.5 Å². The molecular weight excluding hydrogens is 1340 g/mol. The van der Waals surface area contributed by atoms with E-state index >= 15 is 8.78 Å². The summed E-state index contributed by atoms with van der Waals surface area (Å²) in [7, 11) is 4.01. The number of nitrogens with one attached hydrogen (secondary N) is 7. The molecule has 0 radical (unpaired) electrons. The van der Waals surface area contributed by atoms with Gasteiger partial charge in [0.05, 0.1) is 93.9 Å². The summed E-state index contributed by atoms with van der Waals surface area (Å²) in [5.74, 6) is 1.89. The molecule has 0 aliphatic carbocycles. The van der Waals surface area contributed by atoms with Gasteiger partial charge < -0.3 is 45.9 Å². The molecule has 0 bridgehead atoms. The van der Waals surface area contributed by atoms with Gasteiger partial charge in [-0.05, 0) is 150 Å². The molecule has 0 saturated carbocycles. The van der Waals surface area contributed by atoms with E-state index in [1.54, 1.807) is 31.7 Å². The number of nitriles is 1. The molecule has 0 spiro atoms. The van der Waals surface area contributed by atoms with Gasteiger partial charge in [0.25, 0.3) is 0 Å². The molecule has 1 fully saturated rings. The van der Waals surface area contributed by atoms with Crippen molar-refractivity contribution in [3.63, 3.8) is 0 Å². The fourth-order valence-corrected chi connectivity index (χ4v) is 13.4. The molecule has 530 valence electrons. The molecule has 106 heavy (non-hydrogen) atoms. The van der Waals surface area contributed by atoms with Crippen LogP contribution in [-0.4, -0.2) is 139 Å². The molecule has 28 heteroatoms. The van der Waals surface area contributed by atoms with Gasteiger partial charge in [0, 0.05) is 108 Å². The largest absolute Gasteiger partial charge is 0.461 e. The van der Waals surface area contributed by atoms with Crippen LogP contribution in [0.3, 0.4) is 0 Å². The molecule has 3 aromatic carbocycles. The third-order valence-corrected chi connectivity index (χ3v) is 18.5. The maximum atomic E-state index is 16.5. The Hall–Kier alpha value is -13.0. The Labute approximate surface area is 607 Å². The smallest absolute Gasteiger partial charge is 0.336 e. The van der Waals surface area contributed by atoms with Gasteiger partial charge in [0.15, 0.2) is 34.4 Å². The molecule has 0 amide bonds. The Kier molecular flexibility index (Phi) is 18.7. The molecule has 16 rings (SSSR count). The summed E-state index contributed by atoms with van der Waals surface area (Å²) in [5, 5.41) is 37.0. The predicted molar refractivity (Wildman–Crippen MR) is 399 cm³/mol. The van der Waals surface area contributed by atoms with Crippen molar-refractivity contribution in [1.82, 2.24) is 104 Å². The van der Waals surface area contributed by atoms with Crippen LogP contribution >= 0.6 is 0 Å². The highest BCUT2D eigenvalue weighted by Gasteiger charge is 2.29. The maximum absolute atomic E-state index is 16.5. The maximum Gasteiger partial charge on any atom is 0.336 e. The fourth-order valence-electron chi connectivity index (χ4n) is 13.4. The van der Waals surface area contributed by atoms with Crippen LogP contribution in [0.2, 0.25) is 0 Å². The number of likely N-dealkylation sites (tertiary alicyclic amines) is 1. The molecule has 1 saturated heterocycles. The average molecular weight is 1410 g/mol. The normalized spacial score (nSPS) is 13.2. The number of ether oxygens (including phenoxy) is 1. The number of H-pyrrole nitrogens is 3. The number of aromatic nitrogens is 18. The zero-order valence-corrected chi connectivity index (χ0v) is 58.7. The minimum absolute atomic E-state index is 0.0223. The van der Waals surface area contributed by atoms with Crippen molar-refractivity contribution >= 4 is 34.0 Å². The molecule has 1 unspecified atom stereocenters. The number of benzene rings is 3. The number of nitrogens with zero attached hydrogens (tertiary/aromatic N) is 18. The second-order valence-electron chi connectivity index (χ2n) is 26.6. The SMILES string of the molecule is Cc1cccc(-c2[nH]c(CNc3cc(C#N)ccc3CN(C)C)nc2-c2ccc3nc(OCCNCc4cccc(NCc5nc(-c6ccc7nc(C8CCN(Cc9cccc(NCc%10nc(-c%11ccc%12ncnn%12c%11)c(-c%11cccc(C)n%11)[nH]%10)c9F)C8)nn7c6)c(-c6cccc(C)n6)[nH]5)c4F)nn3c2)n1. The van der Waals surface area contributed by atoms with Crippen LogP contribution in [0.4, 0.5) is 25.8 Å². The lowest BCUT2D eigenvalue weighted by atomic mass is 10.1. The van der Waals surface area contributed by atoms with Crippen LogP contribution < -0.4 is 26.0 Å². The summed E-state index contributed by atoms with van der Waals surface area (Å²) in [6.07, 6.45) is 7.98. The minimum atomic E-state index is -0.392. The second-order valence-corrected chi connectivity index (χ2v) is 26.6. The molecule has 12 aromatic heterocycles. The number of hydrogen-bond donors (Lipinski definition) is 7. The number of anilines is 3. The number of aryl methyl sites for hydroxylation is 3. The van der Waals surface area contributed by atoms with E-state index in [1.807, 2.05) is 181 Å². The van der Waals surface area contributed by atoms with Crippen molar-refractivity contribution in [3.05, 3.63) is 245 Å². The molecule has 15 aromatic rings. The standard InChI is InChI=1S/C78H73F2N25O/c1-46-11-6-18-59(88-46)74-71(53-23-26-66-86-45-87-103(66)42-53)91-64(94-74)37-84-58-17-10-15-52(70(58)80)40-102-31-29-56(41-102)77-97-67-27-24-54(43-104(67)99-77)72-75(60-19-7-12-47(2)89-60)95-63(92-72)36-83-57-16-9-14-50(69(57)79)35-82-30-32-106-78-98-68-28-25-55(44-105(68)100-78)73-76(61-20-8-13-48(3)90-61)96-65(93-73)38-85-62-33-49(34-81)21-22-51(62)39-101(4)5/h6-28,33,42-45,56,82-85H,29-32,35-41H2,1-5H3,(H,91,94)(H,92,95)(H,93,96). The Bertz CT molecular complexity index is 5780. The minimum Gasteiger partial charge on any atom is -0.461 e. The van der Waals surface area contributed by atoms with E-state index < -0.39 is 5.82 Å². The average Bonchev–Trinajstić information content (AvgIpc) is 1.64. The molecule has 1 aliphatic heterocycles. The quantitative estimate of drug-likeness (QED) is 0.0248. The first-order chi connectivity index (χ1) is 51.7. The highest BCUT2D eigenvalue weighted by Crippen LogP contribution is 2.36. The lowest BCUT2D eigenvalue weighted by Crippen LogP contribution is -2.21. The van der Waals surface area contributed by atoms with Gasteiger partial charge in [-0.2, -0.15) is 20.4 Å². The van der Waals surface area contributed by atoms with Crippen LogP contribution in [0, 0.1) is 43.7 Å². The van der Waals surface area contributed by atoms with Gasteiger partial charge in [-0.15, -0.1) is 5.10 Å². The van der Waals surface area contributed by atoms with Gasteiger partial charge in [-0.25, -0.2) is 47.2 Å². The summed E-state index contributed by atoms with van der Waals surface area (Å²) in [4.78, 5) is 58.3. The van der Waals surface area contributed by atoms with Crippen molar-refractivity contribution in [1.29, 1.82) is 5.26 Å². The van der Waals surface area contributed by atoms with Crippen molar-refractivity contribution in [2.45, 2.75) is 72.4 Å². The monoisotopic (exact) mass is 1410 g/mol. The van der Waals surface area contributed by atoms with E-state index in [0.717, 1.165) is 86.4 Å². The zero-order valence-electron chi connectivity index (χ0n) is 58.7. The van der Waals surface area contributed by atoms with E-state index in [4.69, 9.17) is 44.7 Å². The molecular formula is C78H73F2N25O. The van der Waals surface area contributed by atoms with E-state index in [-0.39, 0.29) is 44.0 Å². The van der Waals surface area contributed by atoms with Crippen LogP contribution in [0.5, 0.6) is 6.01 Å². The van der Waals surface area contributed by atoms with Crippen molar-refractivity contribution in [2.24, 2.45) is 0 Å². The van der Waals surface area contributed by atoms with Gasteiger partial charge >= 0.3 is 6.01 Å². The number of fused-ring (bicyclic) bond motifs is 3. The molecule has 13 heterocycles. The summed E-state index contributed by atoms with van der Waals surface area (Å²) in [6.45, 7) is 9.96. The summed E-state index contributed by atoms with van der Waals surface area (Å²) >= 11 is 0. The van der Waals surface area contributed by atoms with E-state index in [0.29, 0.717) is 124 Å². The number of halogens is 2. The Morgan fingerprint density at radius 2 is 1.08 bits per heavy atom. The zero-order chi connectivity index (χ0) is 72.4. The molecule has 1 atom stereocenters. The Morgan fingerprint density at radius 1 is 0.547 bits per heavy atom. The van der Waals surface area contributed by atoms with E-state index in [1.165, 1.54) is 6.33 Å². The lowest BCUT2D eigenvalue weighted by molar-refractivity contribution is 0.290. The van der Waals surface area contributed by atoms with Crippen LogP contribution in [-0.2, 0) is 39.3 Å². The van der Waals surface area contributed by atoms with Crippen LogP contribution in [0.25, 0.3) is 84.9 Å².